The third kappa shape index (κ3) is 6.05. The van der Waals surface area contributed by atoms with Crippen LogP contribution in [0.2, 0.25) is 0 Å². The number of benzene rings is 11. The van der Waals surface area contributed by atoms with Crippen molar-refractivity contribution < 1.29 is 4.42 Å². The minimum Gasteiger partial charge on any atom is -0.455 e. The Morgan fingerprint density at radius 3 is 1.65 bits per heavy atom. The largest absolute Gasteiger partial charge is 0.455 e. The second kappa shape index (κ2) is 15.0. The number of aromatic nitrogens is 1. The first-order chi connectivity index (χ1) is 32.2. The van der Waals surface area contributed by atoms with Gasteiger partial charge in [-0.3, -0.25) is 0 Å². The van der Waals surface area contributed by atoms with Crippen molar-refractivity contribution in [1.82, 2.24) is 4.57 Å². The Labute approximate surface area is 376 Å². The zero-order valence-corrected chi connectivity index (χ0v) is 35.4. The minimum absolute atomic E-state index is 0.877. The second-order valence-electron chi connectivity index (χ2n) is 16.8. The van der Waals surface area contributed by atoms with E-state index < -0.39 is 0 Å². The highest BCUT2D eigenvalue weighted by atomic mass is 16.3. The molecule has 0 fully saturated rings. The summed E-state index contributed by atoms with van der Waals surface area (Å²) in [5.41, 5.74) is 15.5. The number of hydrogen-bond donors (Lipinski definition) is 0. The molecule has 0 bridgehead atoms. The summed E-state index contributed by atoms with van der Waals surface area (Å²) in [5, 5.41) is 9.52. The van der Waals surface area contributed by atoms with Crippen LogP contribution in [0.15, 0.2) is 247 Å². The first-order valence-electron chi connectivity index (χ1n) is 22.2. The van der Waals surface area contributed by atoms with Crippen LogP contribution in [0.25, 0.3) is 104 Å². The van der Waals surface area contributed by atoms with Crippen LogP contribution >= 0.6 is 0 Å². The summed E-state index contributed by atoms with van der Waals surface area (Å²) in [6.07, 6.45) is 0. The number of anilines is 3. The fraction of sp³-hybridized carbons (Fsp3) is 0. The van der Waals surface area contributed by atoms with Gasteiger partial charge in [0.05, 0.1) is 16.7 Å². The van der Waals surface area contributed by atoms with Crippen molar-refractivity contribution in [2.45, 2.75) is 0 Å². The van der Waals surface area contributed by atoms with Crippen molar-refractivity contribution >= 4 is 82.4 Å². The molecule has 0 atom stereocenters. The summed E-state index contributed by atoms with van der Waals surface area (Å²) < 4.78 is 9.08. The maximum absolute atomic E-state index is 6.70. The molecule has 0 unspecified atom stereocenters. The van der Waals surface area contributed by atoms with E-state index in [-0.39, 0.29) is 0 Å². The van der Waals surface area contributed by atoms with E-state index in [0.29, 0.717) is 0 Å². The third-order valence-electron chi connectivity index (χ3n) is 13.2. The van der Waals surface area contributed by atoms with E-state index in [4.69, 9.17) is 4.42 Å². The van der Waals surface area contributed by atoms with Crippen LogP contribution in [0.1, 0.15) is 0 Å². The first-order valence-corrected chi connectivity index (χ1v) is 22.2. The third-order valence-corrected chi connectivity index (χ3v) is 13.2. The van der Waals surface area contributed by atoms with Crippen LogP contribution in [0, 0.1) is 0 Å². The van der Waals surface area contributed by atoms with Crippen LogP contribution in [0.5, 0.6) is 0 Å². The standard InChI is InChI=1S/C62H40N2O/c1-3-19-49-42(14-1)16-12-24-50(49)44-32-37-47(38-33-44)63(57-26-8-7-23-54(57)55-25-13-29-60-61(55)56-39-34-43-15-2-4-20-51(43)62(56)65-60)46-35-30-41(31-36-46)45-17-11-18-48(40-45)64-58-27-9-5-21-52(58)53-22-6-10-28-59(53)64/h1-40H. The number of fused-ring (bicyclic) bond motifs is 9. The molecule has 0 saturated heterocycles. The Hall–Kier alpha value is -8.66. The van der Waals surface area contributed by atoms with Gasteiger partial charge in [0.25, 0.3) is 0 Å². The topological polar surface area (TPSA) is 21.3 Å². The average Bonchev–Trinajstić information content (AvgIpc) is 3.94. The normalized spacial score (nSPS) is 11.7. The van der Waals surface area contributed by atoms with Gasteiger partial charge >= 0.3 is 0 Å². The smallest absolute Gasteiger partial charge is 0.143 e. The lowest BCUT2D eigenvalue weighted by atomic mass is 9.95. The summed E-state index contributed by atoms with van der Waals surface area (Å²) in [4.78, 5) is 2.40. The Balaban J connectivity index is 0.957. The summed E-state index contributed by atoms with van der Waals surface area (Å²) in [6.45, 7) is 0. The van der Waals surface area contributed by atoms with Crippen LogP contribution in [0.4, 0.5) is 17.1 Å². The Bertz CT molecular complexity index is 3890. The van der Waals surface area contributed by atoms with E-state index in [1.165, 1.54) is 49.1 Å². The lowest BCUT2D eigenvalue weighted by Gasteiger charge is -2.28. The van der Waals surface area contributed by atoms with Gasteiger partial charge in [0.15, 0.2) is 0 Å². The molecule has 2 aromatic heterocycles. The van der Waals surface area contributed by atoms with Gasteiger partial charge in [-0.25, -0.2) is 0 Å². The lowest BCUT2D eigenvalue weighted by Crippen LogP contribution is -2.11. The molecule has 0 radical (unpaired) electrons. The van der Waals surface area contributed by atoms with Gasteiger partial charge < -0.3 is 13.9 Å². The SMILES string of the molecule is c1cc(-c2ccc(N(c3ccc(-c4cccc5ccccc45)cc3)c3ccccc3-c3cccc4oc5c6ccccc6ccc5c34)cc2)cc(-n2c3ccccc3c3ccccc32)c1. The number of para-hydroxylation sites is 3. The molecule has 3 heteroatoms. The molecule has 0 aliphatic rings. The molecule has 13 rings (SSSR count). The molecule has 0 aliphatic carbocycles. The number of nitrogens with zero attached hydrogens (tertiary/aromatic N) is 2. The summed E-state index contributed by atoms with van der Waals surface area (Å²) in [6, 6.07) is 87.7. The fourth-order valence-electron chi connectivity index (χ4n) is 10.2. The predicted molar refractivity (Wildman–Crippen MR) is 274 cm³/mol. The van der Waals surface area contributed by atoms with Crippen molar-refractivity contribution in [3.8, 4) is 39.1 Å². The molecular formula is C62H40N2O. The van der Waals surface area contributed by atoms with E-state index in [0.717, 1.165) is 72.3 Å². The molecular weight excluding hydrogens is 789 g/mol. The zero-order chi connectivity index (χ0) is 42.8. The Morgan fingerprint density at radius 2 is 0.892 bits per heavy atom. The molecule has 304 valence electrons. The first kappa shape index (κ1) is 36.9. The van der Waals surface area contributed by atoms with Crippen LogP contribution in [-0.4, -0.2) is 4.57 Å². The number of furan rings is 1. The van der Waals surface area contributed by atoms with Gasteiger partial charge in [-0.2, -0.15) is 0 Å². The van der Waals surface area contributed by atoms with Gasteiger partial charge in [-0.1, -0.05) is 176 Å². The highest BCUT2D eigenvalue weighted by Crippen LogP contribution is 2.46. The van der Waals surface area contributed by atoms with E-state index in [1.807, 2.05) is 0 Å². The maximum Gasteiger partial charge on any atom is 0.143 e. The van der Waals surface area contributed by atoms with E-state index in [2.05, 4.69) is 252 Å². The molecule has 0 saturated carbocycles. The summed E-state index contributed by atoms with van der Waals surface area (Å²) in [5.74, 6) is 0. The summed E-state index contributed by atoms with van der Waals surface area (Å²) in [7, 11) is 0. The molecule has 0 aliphatic heterocycles. The monoisotopic (exact) mass is 828 g/mol. The zero-order valence-electron chi connectivity index (χ0n) is 35.4. The van der Waals surface area contributed by atoms with Gasteiger partial charge in [-0.15, -0.1) is 0 Å². The lowest BCUT2D eigenvalue weighted by molar-refractivity contribution is 0.673. The van der Waals surface area contributed by atoms with Gasteiger partial charge in [-0.05, 0) is 111 Å². The van der Waals surface area contributed by atoms with Crippen molar-refractivity contribution in [2.24, 2.45) is 0 Å². The highest BCUT2D eigenvalue weighted by Gasteiger charge is 2.22. The van der Waals surface area contributed by atoms with Crippen molar-refractivity contribution in [3.63, 3.8) is 0 Å². The van der Waals surface area contributed by atoms with E-state index >= 15 is 0 Å². The number of hydrogen-bond acceptors (Lipinski definition) is 2. The molecule has 11 aromatic carbocycles. The highest BCUT2D eigenvalue weighted by molar-refractivity contribution is 6.20. The molecule has 3 nitrogen and oxygen atoms in total. The maximum atomic E-state index is 6.70. The van der Waals surface area contributed by atoms with E-state index in [9.17, 15) is 0 Å². The molecule has 65 heavy (non-hydrogen) atoms. The van der Waals surface area contributed by atoms with Crippen molar-refractivity contribution in [1.29, 1.82) is 0 Å². The van der Waals surface area contributed by atoms with Gasteiger partial charge in [0.1, 0.15) is 11.2 Å². The predicted octanol–water partition coefficient (Wildman–Crippen LogP) is 17.5. The second-order valence-corrected chi connectivity index (χ2v) is 16.8. The van der Waals surface area contributed by atoms with Crippen molar-refractivity contribution in [2.75, 3.05) is 4.90 Å². The molecule has 0 amide bonds. The Morgan fingerprint density at radius 1 is 0.338 bits per heavy atom. The fourth-order valence-corrected chi connectivity index (χ4v) is 10.2. The Kier molecular flexibility index (Phi) is 8.53. The minimum atomic E-state index is 0.877. The summed E-state index contributed by atoms with van der Waals surface area (Å²) >= 11 is 0. The molecule has 0 N–H and O–H groups in total. The van der Waals surface area contributed by atoms with Gasteiger partial charge in [0, 0.05) is 49.6 Å². The van der Waals surface area contributed by atoms with Crippen LogP contribution in [-0.2, 0) is 0 Å². The molecule has 13 aromatic rings. The average molecular weight is 829 g/mol. The molecule has 0 spiro atoms. The van der Waals surface area contributed by atoms with Crippen LogP contribution in [0.3, 0.4) is 0 Å². The molecule has 2 heterocycles. The van der Waals surface area contributed by atoms with Crippen molar-refractivity contribution in [3.05, 3.63) is 243 Å². The quantitative estimate of drug-likeness (QED) is 0.160. The van der Waals surface area contributed by atoms with Gasteiger partial charge in [0.2, 0.25) is 0 Å². The van der Waals surface area contributed by atoms with Crippen LogP contribution < -0.4 is 4.90 Å². The van der Waals surface area contributed by atoms with E-state index in [1.54, 1.807) is 0 Å². The number of rotatable bonds is 7.